The van der Waals surface area contributed by atoms with Crippen LogP contribution in [0.15, 0.2) is 18.2 Å². The Hall–Kier alpha value is -1.88. The number of ether oxygens (including phenoxy) is 1. The van der Waals surface area contributed by atoms with Gasteiger partial charge in [0.2, 0.25) is 5.91 Å². The molecule has 2 N–H and O–H groups in total. The molecule has 0 aromatic heterocycles. The molecule has 5 nitrogen and oxygen atoms in total. The molecule has 0 spiro atoms. The van der Waals surface area contributed by atoms with Crippen LogP contribution in [0.1, 0.15) is 84.3 Å². The van der Waals surface area contributed by atoms with Crippen molar-refractivity contribution < 1.29 is 14.3 Å². The Morgan fingerprint density at radius 2 is 1.97 bits per heavy atom. The average Bonchev–Trinajstić information content (AvgIpc) is 2.71. The van der Waals surface area contributed by atoms with E-state index in [0.29, 0.717) is 11.8 Å². The van der Waals surface area contributed by atoms with Crippen LogP contribution in [0.4, 0.5) is 0 Å². The summed E-state index contributed by atoms with van der Waals surface area (Å²) in [6.07, 6.45) is 7.98. The van der Waals surface area contributed by atoms with Gasteiger partial charge in [-0.05, 0) is 67.3 Å². The van der Waals surface area contributed by atoms with E-state index in [2.05, 4.69) is 36.6 Å². The van der Waals surface area contributed by atoms with Gasteiger partial charge >= 0.3 is 5.97 Å². The maximum absolute atomic E-state index is 12.8. The second-order valence-corrected chi connectivity index (χ2v) is 9.15. The molecule has 5 heteroatoms. The maximum Gasteiger partial charge on any atom is 0.334 e. The number of amides is 1. The molecule has 0 saturated heterocycles. The molecule has 3 atom stereocenters. The summed E-state index contributed by atoms with van der Waals surface area (Å²) in [4.78, 5) is 24.2. The zero-order valence-electron chi connectivity index (χ0n) is 19.6. The third-order valence-corrected chi connectivity index (χ3v) is 6.60. The third kappa shape index (κ3) is 5.84. The predicted octanol–water partition coefficient (Wildman–Crippen LogP) is 4.52. The van der Waals surface area contributed by atoms with Gasteiger partial charge in [0, 0.05) is 13.0 Å². The van der Waals surface area contributed by atoms with Crippen LogP contribution in [0, 0.1) is 5.92 Å². The first kappa shape index (κ1) is 24.4. The van der Waals surface area contributed by atoms with E-state index in [0.717, 1.165) is 25.7 Å². The topological polar surface area (TPSA) is 67.4 Å². The predicted molar refractivity (Wildman–Crippen MR) is 122 cm³/mol. The average molecular weight is 417 g/mol. The number of hydrogen-bond donors (Lipinski definition) is 2. The number of carbonyl (C=O) groups is 2. The summed E-state index contributed by atoms with van der Waals surface area (Å²) < 4.78 is 5.75. The molecule has 0 saturated carbocycles. The van der Waals surface area contributed by atoms with Gasteiger partial charge in [-0.15, -0.1) is 0 Å². The Morgan fingerprint density at radius 3 is 2.53 bits per heavy atom. The van der Waals surface area contributed by atoms with Crippen molar-refractivity contribution in [1.82, 2.24) is 10.6 Å². The molecule has 0 fully saturated rings. The van der Waals surface area contributed by atoms with E-state index in [1.165, 1.54) is 37.3 Å². The van der Waals surface area contributed by atoms with Crippen molar-refractivity contribution in [2.24, 2.45) is 5.92 Å². The van der Waals surface area contributed by atoms with Gasteiger partial charge in [0.25, 0.3) is 0 Å². The van der Waals surface area contributed by atoms with Crippen LogP contribution >= 0.6 is 0 Å². The lowest BCUT2D eigenvalue weighted by atomic mass is 9.64. The molecule has 30 heavy (non-hydrogen) atoms. The normalized spacial score (nSPS) is 21.8. The fourth-order valence-corrected chi connectivity index (χ4v) is 4.77. The molecule has 1 amide bonds. The Labute approximate surface area is 182 Å². The minimum Gasteiger partial charge on any atom is -0.425 e. The van der Waals surface area contributed by atoms with Crippen molar-refractivity contribution >= 4 is 11.9 Å². The van der Waals surface area contributed by atoms with E-state index >= 15 is 0 Å². The van der Waals surface area contributed by atoms with Crippen molar-refractivity contribution in [1.29, 1.82) is 0 Å². The number of unbranched alkanes of at least 4 members (excludes halogenated alkanes) is 2. The van der Waals surface area contributed by atoms with E-state index in [1.807, 2.05) is 27.0 Å². The van der Waals surface area contributed by atoms with Gasteiger partial charge in [-0.3, -0.25) is 4.79 Å². The number of hydrogen-bond acceptors (Lipinski definition) is 4. The van der Waals surface area contributed by atoms with Crippen LogP contribution in [-0.4, -0.2) is 31.0 Å². The number of rotatable bonds is 10. The summed E-state index contributed by atoms with van der Waals surface area (Å²) >= 11 is 0. The molecular weight excluding hydrogens is 376 g/mol. The first-order valence-electron chi connectivity index (χ1n) is 11.6. The van der Waals surface area contributed by atoms with Crippen LogP contribution in [0.25, 0.3) is 0 Å². The molecular formula is C25H40N2O3. The fraction of sp³-hybridized carbons (Fsp3) is 0.680. The van der Waals surface area contributed by atoms with Gasteiger partial charge in [0.15, 0.2) is 0 Å². The molecule has 1 aromatic rings. The number of nitrogens with one attached hydrogen (secondary N) is 2. The van der Waals surface area contributed by atoms with Gasteiger partial charge in [0.1, 0.15) is 11.8 Å². The Bertz CT molecular complexity index is 731. The maximum atomic E-state index is 12.8. The molecule has 0 aliphatic heterocycles. The standard InChI is InChI=1S/C25H40N2O3/c1-7-9-10-13-25(8-2)16-20(26-6)14-19-11-12-21(15-22(19)25)30-24(29)23(17(3)4)27-18(5)28/h11-12,15,17,20,23,26H,7-10,13-14,16H2,1-6H3,(H,27,28)/t20-,23?,25+/m0/s1. The smallest absolute Gasteiger partial charge is 0.334 e. The highest BCUT2D eigenvalue weighted by Gasteiger charge is 2.38. The second-order valence-electron chi connectivity index (χ2n) is 9.15. The van der Waals surface area contributed by atoms with Gasteiger partial charge in [-0.1, -0.05) is 53.0 Å². The molecule has 1 aliphatic carbocycles. The van der Waals surface area contributed by atoms with Crippen LogP contribution in [0.3, 0.4) is 0 Å². The summed E-state index contributed by atoms with van der Waals surface area (Å²) in [5.41, 5.74) is 2.79. The Morgan fingerprint density at radius 1 is 1.23 bits per heavy atom. The molecule has 1 aromatic carbocycles. The lowest BCUT2D eigenvalue weighted by Crippen LogP contribution is -2.45. The van der Waals surface area contributed by atoms with Crippen LogP contribution < -0.4 is 15.4 Å². The monoisotopic (exact) mass is 416 g/mol. The van der Waals surface area contributed by atoms with E-state index in [-0.39, 0.29) is 17.2 Å². The molecule has 0 radical (unpaired) electrons. The summed E-state index contributed by atoms with van der Waals surface area (Å²) in [6, 6.07) is 5.92. The lowest BCUT2D eigenvalue weighted by Gasteiger charge is -2.43. The molecule has 2 rings (SSSR count). The Kier molecular flexibility index (Phi) is 8.90. The van der Waals surface area contributed by atoms with Crippen molar-refractivity contribution in [2.75, 3.05) is 7.05 Å². The van der Waals surface area contributed by atoms with Crippen molar-refractivity contribution in [3.05, 3.63) is 29.3 Å². The van der Waals surface area contributed by atoms with Crippen molar-refractivity contribution in [3.8, 4) is 5.75 Å². The van der Waals surface area contributed by atoms with E-state index in [4.69, 9.17) is 4.74 Å². The van der Waals surface area contributed by atoms with E-state index in [1.54, 1.807) is 0 Å². The number of benzene rings is 1. The molecule has 1 aliphatic rings. The summed E-state index contributed by atoms with van der Waals surface area (Å²) in [5.74, 6) is -0.0996. The SMILES string of the molecule is CCCCC[C@]1(CC)C[C@@H](NC)Cc2ccc(OC(=O)C(NC(C)=O)C(C)C)cc21. The van der Waals surface area contributed by atoms with E-state index < -0.39 is 12.0 Å². The highest BCUT2D eigenvalue weighted by atomic mass is 16.5. The number of carbonyl (C=O) groups excluding carboxylic acids is 2. The van der Waals surface area contributed by atoms with Crippen molar-refractivity contribution in [2.45, 2.75) is 97.1 Å². The first-order valence-corrected chi connectivity index (χ1v) is 11.6. The minimum atomic E-state index is -0.646. The largest absolute Gasteiger partial charge is 0.425 e. The first-order chi connectivity index (χ1) is 14.3. The third-order valence-electron chi connectivity index (χ3n) is 6.60. The molecule has 0 bridgehead atoms. The molecule has 1 unspecified atom stereocenters. The number of esters is 1. The van der Waals surface area contributed by atoms with Crippen LogP contribution in [0.5, 0.6) is 5.75 Å². The summed E-state index contributed by atoms with van der Waals surface area (Å²) in [6.45, 7) is 9.75. The van der Waals surface area contributed by atoms with Gasteiger partial charge in [-0.25, -0.2) is 4.79 Å². The van der Waals surface area contributed by atoms with Gasteiger partial charge < -0.3 is 15.4 Å². The van der Waals surface area contributed by atoms with Gasteiger partial charge in [0.05, 0.1) is 0 Å². The summed E-state index contributed by atoms with van der Waals surface area (Å²) in [7, 11) is 2.05. The van der Waals surface area contributed by atoms with Crippen molar-refractivity contribution in [3.63, 3.8) is 0 Å². The van der Waals surface area contributed by atoms with E-state index in [9.17, 15) is 9.59 Å². The Balaban J connectivity index is 2.33. The summed E-state index contributed by atoms with van der Waals surface area (Å²) in [5, 5.41) is 6.21. The lowest BCUT2D eigenvalue weighted by molar-refractivity contribution is -0.140. The highest BCUT2D eigenvalue weighted by Crippen LogP contribution is 2.45. The van der Waals surface area contributed by atoms with Gasteiger partial charge in [-0.2, -0.15) is 0 Å². The fourth-order valence-electron chi connectivity index (χ4n) is 4.77. The zero-order valence-corrected chi connectivity index (χ0v) is 19.6. The van der Waals surface area contributed by atoms with Crippen LogP contribution in [0.2, 0.25) is 0 Å². The quantitative estimate of drug-likeness (QED) is 0.334. The molecule has 0 heterocycles. The second kappa shape index (κ2) is 10.9. The highest BCUT2D eigenvalue weighted by molar-refractivity contribution is 5.84. The van der Waals surface area contributed by atoms with Crippen LogP contribution in [-0.2, 0) is 21.4 Å². The minimum absolute atomic E-state index is 0.0424. The number of fused-ring (bicyclic) bond motifs is 1. The molecule has 168 valence electrons. The number of likely N-dealkylation sites (N-methyl/N-ethyl adjacent to an activating group) is 1. The zero-order chi connectivity index (χ0) is 22.3.